The molecule has 0 aliphatic carbocycles. The van der Waals surface area contributed by atoms with Gasteiger partial charge in [0.2, 0.25) is 0 Å². The van der Waals surface area contributed by atoms with E-state index in [0.717, 1.165) is 21.8 Å². The Morgan fingerprint density at radius 1 is 0.886 bits per heavy atom. The molecule has 44 heavy (non-hydrogen) atoms. The number of piperidine rings is 1. The molecule has 224 valence electrons. The summed E-state index contributed by atoms with van der Waals surface area (Å²) in [5.74, 6) is -0.312. The molecule has 0 saturated carbocycles. The van der Waals surface area contributed by atoms with Crippen molar-refractivity contribution in [1.82, 2.24) is 38.2 Å². The van der Waals surface area contributed by atoms with Gasteiger partial charge in [-0.05, 0) is 55.3 Å². The number of carbonyl (C=O) groups excluding carboxylic acids is 1. The Bertz CT molecular complexity index is 2130. The molecule has 6 aromatic rings. The lowest BCUT2D eigenvalue weighted by Crippen LogP contribution is -2.39. The molecule has 1 aromatic carbocycles. The Labute approximate surface area is 248 Å². The molecule has 7 rings (SSSR count). The SMILES string of the molecule is O=C(c1ccc(C(F)(F)F)cc1)N1CCC(n2cc(-c3cnc4cnn(S(=O)(=O)c5cnc6ccccn56)c4c3)cn2)CC1. The van der Waals surface area contributed by atoms with Crippen LogP contribution in [0.25, 0.3) is 27.8 Å². The van der Waals surface area contributed by atoms with E-state index in [1.54, 1.807) is 47.8 Å². The number of fused-ring (bicyclic) bond motifs is 2. The van der Waals surface area contributed by atoms with Crippen LogP contribution in [-0.4, -0.2) is 65.6 Å². The fourth-order valence-electron chi connectivity index (χ4n) is 5.43. The van der Waals surface area contributed by atoms with Gasteiger partial charge in [-0.2, -0.15) is 35.9 Å². The van der Waals surface area contributed by atoms with E-state index in [0.29, 0.717) is 48.2 Å². The molecule has 0 radical (unpaired) electrons. The maximum absolute atomic E-state index is 13.6. The van der Waals surface area contributed by atoms with Crippen LogP contribution in [0.3, 0.4) is 0 Å². The molecular weight excluding hydrogens is 597 g/mol. The fourth-order valence-corrected chi connectivity index (χ4v) is 6.77. The van der Waals surface area contributed by atoms with Gasteiger partial charge in [0, 0.05) is 48.4 Å². The van der Waals surface area contributed by atoms with E-state index >= 15 is 0 Å². The van der Waals surface area contributed by atoms with Gasteiger partial charge in [0.1, 0.15) is 16.7 Å². The van der Waals surface area contributed by atoms with Gasteiger partial charge < -0.3 is 4.90 Å². The number of rotatable bonds is 5. The number of nitrogens with zero attached hydrogens (tertiary/aromatic N) is 8. The van der Waals surface area contributed by atoms with Crippen molar-refractivity contribution in [1.29, 1.82) is 0 Å². The molecular formula is C29H23F3N8O3S. The zero-order valence-electron chi connectivity index (χ0n) is 22.8. The van der Waals surface area contributed by atoms with E-state index < -0.39 is 21.8 Å². The molecule has 1 aliphatic rings. The molecule has 0 bridgehead atoms. The molecule has 15 heteroatoms. The second-order valence-corrected chi connectivity index (χ2v) is 12.2. The summed E-state index contributed by atoms with van der Waals surface area (Å²) >= 11 is 0. The Kier molecular flexibility index (Phi) is 6.49. The highest BCUT2D eigenvalue weighted by Gasteiger charge is 2.31. The molecule has 1 saturated heterocycles. The predicted octanol–water partition coefficient (Wildman–Crippen LogP) is 4.68. The minimum atomic E-state index is -4.46. The second kappa shape index (κ2) is 10.3. The Morgan fingerprint density at radius 2 is 1.66 bits per heavy atom. The largest absolute Gasteiger partial charge is 0.416 e. The second-order valence-electron chi connectivity index (χ2n) is 10.5. The number of halogens is 3. The topological polar surface area (TPSA) is 120 Å². The van der Waals surface area contributed by atoms with Crippen molar-refractivity contribution in [2.24, 2.45) is 0 Å². The lowest BCUT2D eigenvalue weighted by Gasteiger charge is -2.32. The molecule has 0 atom stereocenters. The maximum atomic E-state index is 13.6. The summed E-state index contributed by atoms with van der Waals surface area (Å²) in [4.78, 5) is 23.1. The first-order chi connectivity index (χ1) is 21.1. The first-order valence-electron chi connectivity index (χ1n) is 13.6. The first-order valence-corrected chi connectivity index (χ1v) is 15.1. The number of carbonyl (C=O) groups is 1. The molecule has 11 nitrogen and oxygen atoms in total. The average Bonchev–Trinajstić information content (AvgIpc) is 3.79. The molecule has 0 unspecified atom stereocenters. The number of imidazole rings is 1. The molecule has 6 heterocycles. The van der Waals surface area contributed by atoms with Crippen LogP contribution in [0.5, 0.6) is 0 Å². The first kappa shape index (κ1) is 27.8. The van der Waals surface area contributed by atoms with Gasteiger partial charge in [-0.1, -0.05) is 6.07 Å². The average molecular weight is 621 g/mol. The van der Waals surface area contributed by atoms with Gasteiger partial charge in [-0.15, -0.1) is 0 Å². The van der Waals surface area contributed by atoms with Gasteiger partial charge in [0.15, 0.2) is 5.03 Å². The number of hydrogen-bond acceptors (Lipinski definition) is 7. The van der Waals surface area contributed by atoms with Crippen molar-refractivity contribution in [3.8, 4) is 11.1 Å². The molecule has 1 aliphatic heterocycles. The summed E-state index contributed by atoms with van der Waals surface area (Å²) in [6, 6.07) is 11.1. The van der Waals surface area contributed by atoms with Crippen LogP contribution in [0, 0.1) is 0 Å². The smallest absolute Gasteiger partial charge is 0.338 e. The number of pyridine rings is 2. The summed E-state index contributed by atoms with van der Waals surface area (Å²) in [5.41, 5.74) is 1.98. The van der Waals surface area contributed by atoms with Crippen LogP contribution >= 0.6 is 0 Å². The Balaban J connectivity index is 1.08. The minimum absolute atomic E-state index is 0.00171. The lowest BCUT2D eigenvalue weighted by molar-refractivity contribution is -0.137. The van der Waals surface area contributed by atoms with Crippen LogP contribution in [-0.2, 0) is 16.2 Å². The van der Waals surface area contributed by atoms with Crippen LogP contribution in [0.2, 0.25) is 0 Å². The zero-order valence-corrected chi connectivity index (χ0v) is 23.6. The van der Waals surface area contributed by atoms with E-state index in [9.17, 15) is 26.4 Å². The number of aromatic nitrogens is 7. The molecule has 5 aromatic heterocycles. The van der Waals surface area contributed by atoms with Crippen molar-refractivity contribution in [3.63, 3.8) is 0 Å². The number of likely N-dealkylation sites (tertiary alicyclic amines) is 1. The standard InChI is InChI=1S/C29H23F3N8O3S/c30-29(31,32)22-6-4-19(5-7-22)28(41)37-11-8-23(9-12-37)39-18-21(15-35-39)20-13-25-24(33-14-20)16-36-40(25)44(42,43)27-17-34-26-3-1-2-10-38(26)27/h1-7,10,13-18,23H,8-9,11-12H2. The third-order valence-electron chi connectivity index (χ3n) is 7.78. The van der Waals surface area contributed by atoms with Gasteiger partial charge >= 0.3 is 16.2 Å². The van der Waals surface area contributed by atoms with Gasteiger partial charge in [0.25, 0.3) is 5.91 Å². The van der Waals surface area contributed by atoms with E-state index in [-0.39, 0.29) is 22.5 Å². The number of amides is 1. The highest BCUT2D eigenvalue weighted by molar-refractivity contribution is 7.90. The highest BCUT2D eigenvalue weighted by Crippen LogP contribution is 2.31. The predicted molar refractivity (Wildman–Crippen MR) is 152 cm³/mol. The van der Waals surface area contributed by atoms with Crippen LogP contribution in [0.1, 0.15) is 34.8 Å². The van der Waals surface area contributed by atoms with Crippen molar-refractivity contribution in [2.75, 3.05) is 13.1 Å². The van der Waals surface area contributed by atoms with E-state index in [1.165, 1.54) is 28.9 Å². The number of benzene rings is 1. The van der Waals surface area contributed by atoms with Crippen molar-refractivity contribution in [3.05, 3.63) is 96.8 Å². The molecule has 0 N–H and O–H groups in total. The van der Waals surface area contributed by atoms with Crippen LogP contribution < -0.4 is 0 Å². The van der Waals surface area contributed by atoms with E-state index in [1.807, 2.05) is 10.9 Å². The molecule has 1 amide bonds. The van der Waals surface area contributed by atoms with Crippen LogP contribution in [0.4, 0.5) is 13.2 Å². The molecule has 1 fully saturated rings. The van der Waals surface area contributed by atoms with E-state index in [4.69, 9.17) is 0 Å². The number of alkyl halides is 3. The Hall–Kier alpha value is -5.05. The minimum Gasteiger partial charge on any atom is -0.338 e. The zero-order chi connectivity index (χ0) is 30.6. The number of hydrogen-bond donors (Lipinski definition) is 0. The van der Waals surface area contributed by atoms with Crippen LogP contribution in [0.15, 0.2) is 90.7 Å². The van der Waals surface area contributed by atoms with Gasteiger partial charge in [-0.25, -0.2) is 4.98 Å². The normalized spacial score (nSPS) is 14.9. The maximum Gasteiger partial charge on any atom is 0.416 e. The van der Waals surface area contributed by atoms with Crippen molar-refractivity contribution in [2.45, 2.75) is 30.1 Å². The van der Waals surface area contributed by atoms with Gasteiger partial charge in [0.05, 0.1) is 30.2 Å². The summed E-state index contributed by atoms with van der Waals surface area (Å²) in [6.07, 6.45) is 6.20. The lowest BCUT2D eigenvalue weighted by atomic mass is 10.0. The van der Waals surface area contributed by atoms with Gasteiger partial charge in [-0.3, -0.25) is 18.9 Å². The summed E-state index contributed by atoms with van der Waals surface area (Å²) in [5, 5.41) is 8.61. The summed E-state index contributed by atoms with van der Waals surface area (Å²) < 4.78 is 70.0. The quantitative estimate of drug-likeness (QED) is 0.275. The monoisotopic (exact) mass is 620 g/mol. The third-order valence-corrected chi connectivity index (χ3v) is 9.36. The molecule has 0 spiro atoms. The fraction of sp³-hybridized carbons (Fsp3) is 0.207. The highest BCUT2D eigenvalue weighted by atomic mass is 32.2. The Morgan fingerprint density at radius 3 is 2.41 bits per heavy atom. The van der Waals surface area contributed by atoms with Crippen molar-refractivity contribution < 1.29 is 26.4 Å². The summed E-state index contributed by atoms with van der Waals surface area (Å²) in [7, 11) is -4.09. The third kappa shape index (κ3) is 4.78. The van der Waals surface area contributed by atoms with Crippen molar-refractivity contribution >= 4 is 32.6 Å². The summed E-state index contributed by atoms with van der Waals surface area (Å²) in [6.45, 7) is 0.848. The van der Waals surface area contributed by atoms with E-state index in [2.05, 4.69) is 20.2 Å².